The van der Waals surface area contributed by atoms with Crippen LogP contribution in [0, 0.1) is 6.92 Å². The molecule has 0 radical (unpaired) electrons. The Morgan fingerprint density at radius 3 is 2.71 bits per heavy atom. The molecule has 1 aromatic heterocycles. The number of aryl methyl sites for hydroxylation is 1. The molecule has 2 rings (SSSR count). The van der Waals surface area contributed by atoms with Crippen LogP contribution in [0.1, 0.15) is 30.1 Å². The average Bonchev–Trinajstić information content (AvgIpc) is 2.18. The highest BCUT2D eigenvalue weighted by molar-refractivity contribution is 5.24. The molecule has 1 aliphatic heterocycles. The van der Waals surface area contributed by atoms with Gasteiger partial charge < -0.3 is 11.1 Å². The molecule has 2 heterocycles. The van der Waals surface area contributed by atoms with Crippen molar-refractivity contribution < 1.29 is 0 Å². The van der Waals surface area contributed by atoms with Crippen LogP contribution in [0.4, 0.5) is 5.95 Å². The molecule has 0 aromatic carbocycles. The number of nitrogen functional groups attached to an aromatic ring is 1. The first-order valence-corrected chi connectivity index (χ1v) is 5.07. The van der Waals surface area contributed by atoms with Crippen molar-refractivity contribution in [3.63, 3.8) is 0 Å². The van der Waals surface area contributed by atoms with Gasteiger partial charge in [-0.25, -0.2) is 9.97 Å². The highest BCUT2D eigenvalue weighted by atomic mass is 15.0. The fourth-order valence-corrected chi connectivity index (χ4v) is 1.94. The van der Waals surface area contributed by atoms with Crippen molar-refractivity contribution in [2.24, 2.45) is 0 Å². The number of nitrogens with one attached hydrogen (secondary N) is 1. The molecule has 0 spiro atoms. The summed E-state index contributed by atoms with van der Waals surface area (Å²) in [6, 6.07) is 2.05. The first-order chi connectivity index (χ1) is 6.75. The van der Waals surface area contributed by atoms with E-state index in [9.17, 15) is 0 Å². The molecular formula is C10H16N4. The van der Waals surface area contributed by atoms with E-state index in [-0.39, 0.29) is 0 Å². The van der Waals surface area contributed by atoms with E-state index in [0.29, 0.717) is 11.9 Å². The number of anilines is 1. The van der Waals surface area contributed by atoms with Gasteiger partial charge in [0.15, 0.2) is 0 Å². The first kappa shape index (κ1) is 9.40. The molecule has 1 saturated heterocycles. The molecule has 0 unspecified atom stereocenters. The Labute approximate surface area is 83.9 Å². The van der Waals surface area contributed by atoms with Gasteiger partial charge in [-0.05, 0) is 38.9 Å². The van der Waals surface area contributed by atoms with Gasteiger partial charge >= 0.3 is 0 Å². The third kappa shape index (κ3) is 2.01. The molecule has 1 aromatic rings. The molecule has 3 N–H and O–H groups in total. The van der Waals surface area contributed by atoms with E-state index < -0.39 is 0 Å². The van der Waals surface area contributed by atoms with Gasteiger partial charge in [-0.1, -0.05) is 0 Å². The van der Waals surface area contributed by atoms with Crippen molar-refractivity contribution in [1.82, 2.24) is 15.3 Å². The summed E-state index contributed by atoms with van der Waals surface area (Å²) in [5, 5.41) is 3.34. The lowest BCUT2D eigenvalue weighted by atomic mass is 9.94. The van der Waals surface area contributed by atoms with Crippen LogP contribution in [0.2, 0.25) is 0 Å². The SMILES string of the molecule is Cc1cc(C2CCNCC2)nc(N)n1. The van der Waals surface area contributed by atoms with Crippen molar-refractivity contribution in [2.45, 2.75) is 25.7 Å². The molecule has 1 fully saturated rings. The Hall–Kier alpha value is -1.16. The van der Waals surface area contributed by atoms with Crippen LogP contribution in [-0.2, 0) is 0 Å². The number of rotatable bonds is 1. The number of nitrogens with zero attached hydrogens (tertiary/aromatic N) is 2. The van der Waals surface area contributed by atoms with Crippen LogP contribution in [0.5, 0.6) is 0 Å². The van der Waals surface area contributed by atoms with Crippen LogP contribution >= 0.6 is 0 Å². The fourth-order valence-electron chi connectivity index (χ4n) is 1.94. The van der Waals surface area contributed by atoms with Crippen LogP contribution in [-0.4, -0.2) is 23.1 Å². The number of aromatic nitrogens is 2. The van der Waals surface area contributed by atoms with E-state index >= 15 is 0 Å². The Morgan fingerprint density at radius 1 is 1.36 bits per heavy atom. The van der Waals surface area contributed by atoms with Gasteiger partial charge in [-0.3, -0.25) is 0 Å². The maximum absolute atomic E-state index is 5.63. The molecule has 0 aliphatic carbocycles. The molecule has 0 amide bonds. The largest absolute Gasteiger partial charge is 0.368 e. The third-order valence-corrected chi connectivity index (χ3v) is 2.65. The quantitative estimate of drug-likeness (QED) is 0.692. The van der Waals surface area contributed by atoms with Gasteiger partial charge in [-0.15, -0.1) is 0 Å². The Balaban J connectivity index is 2.21. The van der Waals surface area contributed by atoms with Gasteiger partial charge in [0.1, 0.15) is 0 Å². The zero-order valence-electron chi connectivity index (χ0n) is 8.45. The molecule has 0 atom stereocenters. The van der Waals surface area contributed by atoms with E-state index in [1.54, 1.807) is 0 Å². The summed E-state index contributed by atoms with van der Waals surface area (Å²) in [5.74, 6) is 0.957. The molecule has 76 valence electrons. The highest BCUT2D eigenvalue weighted by Gasteiger charge is 2.17. The zero-order valence-corrected chi connectivity index (χ0v) is 8.45. The van der Waals surface area contributed by atoms with Crippen molar-refractivity contribution in [3.05, 3.63) is 17.5 Å². The summed E-state index contributed by atoms with van der Waals surface area (Å²) in [4.78, 5) is 8.38. The second-order valence-electron chi connectivity index (χ2n) is 3.82. The van der Waals surface area contributed by atoms with Gasteiger partial charge in [0, 0.05) is 17.3 Å². The summed E-state index contributed by atoms with van der Waals surface area (Å²) in [6.45, 7) is 4.11. The predicted octanol–water partition coefficient (Wildman–Crippen LogP) is 0.834. The van der Waals surface area contributed by atoms with Crippen LogP contribution in [0.15, 0.2) is 6.07 Å². The average molecular weight is 192 g/mol. The van der Waals surface area contributed by atoms with E-state index in [2.05, 4.69) is 15.3 Å². The van der Waals surface area contributed by atoms with Crippen molar-refractivity contribution in [2.75, 3.05) is 18.8 Å². The maximum Gasteiger partial charge on any atom is 0.220 e. The third-order valence-electron chi connectivity index (χ3n) is 2.65. The Bertz CT molecular complexity index is 298. The minimum Gasteiger partial charge on any atom is -0.368 e. The molecule has 14 heavy (non-hydrogen) atoms. The Morgan fingerprint density at radius 2 is 2.07 bits per heavy atom. The molecule has 0 saturated carbocycles. The monoisotopic (exact) mass is 192 g/mol. The van der Waals surface area contributed by atoms with Crippen molar-refractivity contribution in [1.29, 1.82) is 0 Å². The molecule has 4 heteroatoms. The number of piperidine rings is 1. The number of hydrogen-bond donors (Lipinski definition) is 2. The smallest absolute Gasteiger partial charge is 0.220 e. The highest BCUT2D eigenvalue weighted by Crippen LogP contribution is 2.23. The Kier molecular flexibility index (Phi) is 2.63. The van der Waals surface area contributed by atoms with Gasteiger partial charge in [0.25, 0.3) is 0 Å². The standard InChI is InChI=1S/C10H16N4/c1-7-6-9(14-10(11)13-7)8-2-4-12-5-3-8/h6,8,12H,2-5H2,1H3,(H2,11,13,14). The topological polar surface area (TPSA) is 63.8 Å². The van der Waals surface area contributed by atoms with Gasteiger partial charge in [-0.2, -0.15) is 0 Å². The normalized spacial score (nSPS) is 18.4. The maximum atomic E-state index is 5.63. The van der Waals surface area contributed by atoms with Gasteiger partial charge in [0.2, 0.25) is 5.95 Å². The zero-order chi connectivity index (χ0) is 9.97. The minimum absolute atomic E-state index is 0.401. The number of hydrogen-bond acceptors (Lipinski definition) is 4. The van der Waals surface area contributed by atoms with Crippen LogP contribution in [0.25, 0.3) is 0 Å². The van der Waals surface area contributed by atoms with Crippen LogP contribution in [0.3, 0.4) is 0 Å². The van der Waals surface area contributed by atoms with E-state index in [1.807, 2.05) is 13.0 Å². The molecule has 1 aliphatic rings. The molecular weight excluding hydrogens is 176 g/mol. The van der Waals surface area contributed by atoms with Crippen molar-refractivity contribution in [3.8, 4) is 0 Å². The van der Waals surface area contributed by atoms with E-state index in [0.717, 1.165) is 37.3 Å². The summed E-state index contributed by atoms with van der Waals surface area (Å²) in [6.07, 6.45) is 2.30. The molecule has 0 bridgehead atoms. The van der Waals surface area contributed by atoms with E-state index in [1.165, 1.54) is 0 Å². The lowest BCUT2D eigenvalue weighted by Gasteiger charge is -2.22. The fraction of sp³-hybridized carbons (Fsp3) is 0.600. The summed E-state index contributed by atoms with van der Waals surface area (Å²) in [7, 11) is 0. The second kappa shape index (κ2) is 3.92. The molecule has 4 nitrogen and oxygen atoms in total. The van der Waals surface area contributed by atoms with Crippen molar-refractivity contribution >= 4 is 5.95 Å². The van der Waals surface area contributed by atoms with Crippen LogP contribution < -0.4 is 11.1 Å². The summed E-state index contributed by atoms with van der Waals surface area (Å²) < 4.78 is 0. The first-order valence-electron chi connectivity index (χ1n) is 5.07. The summed E-state index contributed by atoms with van der Waals surface area (Å²) >= 11 is 0. The predicted molar refractivity (Wildman–Crippen MR) is 56.0 cm³/mol. The second-order valence-corrected chi connectivity index (χ2v) is 3.82. The lowest BCUT2D eigenvalue weighted by molar-refractivity contribution is 0.453. The number of nitrogens with two attached hydrogens (primary N) is 1. The van der Waals surface area contributed by atoms with E-state index in [4.69, 9.17) is 5.73 Å². The lowest BCUT2D eigenvalue weighted by Crippen LogP contribution is -2.27. The van der Waals surface area contributed by atoms with Gasteiger partial charge in [0.05, 0.1) is 0 Å². The summed E-state index contributed by atoms with van der Waals surface area (Å²) in [5.41, 5.74) is 7.70. The minimum atomic E-state index is 0.401.